The molecule has 1 atom stereocenters. The average Bonchev–Trinajstić information content (AvgIpc) is 3.24. The zero-order valence-corrected chi connectivity index (χ0v) is 15.7. The molecule has 0 unspecified atom stereocenters. The summed E-state index contributed by atoms with van der Waals surface area (Å²) in [6, 6.07) is 8.65. The third kappa shape index (κ3) is 3.28. The summed E-state index contributed by atoms with van der Waals surface area (Å²) in [4.78, 5) is 12.2. The maximum Gasteiger partial charge on any atom is 0.196 e. The van der Waals surface area contributed by atoms with Crippen LogP contribution in [-0.2, 0) is 11.2 Å². The van der Waals surface area contributed by atoms with Gasteiger partial charge in [-0.25, -0.2) is 9.97 Å². The largest absolute Gasteiger partial charge is 0.450 e. The van der Waals surface area contributed by atoms with E-state index in [1.54, 1.807) is 7.11 Å². The first-order chi connectivity index (χ1) is 12.8. The van der Waals surface area contributed by atoms with Crippen LogP contribution in [0, 0.1) is 0 Å². The summed E-state index contributed by atoms with van der Waals surface area (Å²) in [6.45, 7) is 4.13. The first-order valence-corrected chi connectivity index (χ1v) is 9.71. The number of aryl methyl sites for hydroxylation is 1. The Hall–Kier alpha value is -2.14. The molecule has 0 saturated carbocycles. The van der Waals surface area contributed by atoms with Crippen LogP contribution in [0.3, 0.4) is 0 Å². The van der Waals surface area contributed by atoms with E-state index in [0.717, 1.165) is 72.5 Å². The van der Waals surface area contributed by atoms with Gasteiger partial charge in [-0.3, -0.25) is 0 Å². The van der Waals surface area contributed by atoms with Crippen molar-refractivity contribution in [2.45, 2.75) is 51.5 Å². The second-order valence-corrected chi connectivity index (χ2v) is 7.23. The van der Waals surface area contributed by atoms with Gasteiger partial charge in [-0.2, -0.15) is 0 Å². The predicted octanol–water partition coefficient (Wildman–Crippen LogP) is 4.72. The number of para-hydroxylation sites is 1. The molecule has 0 N–H and O–H groups in total. The molecule has 0 aliphatic carbocycles. The molecular formula is C21H27N3O2. The number of nitrogens with zero attached hydrogens (tertiary/aromatic N) is 3. The Labute approximate surface area is 154 Å². The molecule has 1 aromatic carbocycles. The van der Waals surface area contributed by atoms with E-state index in [1.165, 1.54) is 12.8 Å². The van der Waals surface area contributed by atoms with Crippen molar-refractivity contribution < 1.29 is 9.15 Å². The van der Waals surface area contributed by atoms with E-state index in [9.17, 15) is 0 Å². The van der Waals surface area contributed by atoms with Crippen molar-refractivity contribution in [3.05, 3.63) is 30.1 Å². The van der Waals surface area contributed by atoms with Crippen LogP contribution >= 0.6 is 0 Å². The normalized spacial score (nSPS) is 17.6. The van der Waals surface area contributed by atoms with Gasteiger partial charge in [0.15, 0.2) is 11.4 Å². The molecule has 1 aliphatic rings. The number of benzene rings is 1. The Morgan fingerprint density at radius 1 is 1.19 bits per heavy atom. The zero-order valence-electron chi connectivity index (χ0n) is 15.7. The highest BCUT2D eigenvalue weighted by Crippen LogP contribution is 2.35. The molecule has 0 radical (unpaired) electrons. The molecule has 5 nitrogen and oxygen atoms in total. The van der Waals surface area contributed by atoms with Gasteiger partial charge in [0, 0.05) is 38.1 Å². The SMILES string of the molecule is COCCCCCc1nc(N2CCC[C@H]2C)c2oc3ccccc3c2n1. The van der Waals surface area contributed by atoms with Crippen LogP contribution in [0.2, 0.25) is 0 Å². The second-order valence-electron chi connectivity index (χ2n) is 7.23. The van der Waals surface area contributed by atoms with E-state index in [-0.39, 0.29) is 0 Å². The first kappa shape index (κ1) is 17.3. The van der Waals surface area contributed by atoms with Gasteiger partial charge in [0.1, 0.15) is 16.9 Å². The fourth-order valence-corrected chi connectivity index (χ4v) is 3.88. The fourth-order valence-electron chi connectivity index (χ4n) is 3.88. The van der Waals surface area contributed by atoms with Crippen molar-refractivity contribution in [3.8, 4) is 0 Å². The van der Waals surface area contributed by atoms with Crippen LogP contribution in [-0.4, -0.2) is 36.3 Å². The summed E-state index contributed by atoms with van der Waals surface area (Å²) < 4.78 is 11.3. The maximum absolute atomic E-state index is 6.17. The van der Waals surface area contributed by atoms with Crippen LogP contribution in [0.5, 0.6) is 0 Å². The Morgan fingerprint density at radius 2 is 2.08 bits per heavy atom. The molecule has 3 heterocycles. The van der Waals surface area contributed by atoms with Gasteiger partial charge < -0.3 is 14.1 Å². The molecule has 26 heavy (non-hydrogen) atoms. The minimum absolute atomic E-state index is 0.496. The quantitative estimate of drug-likeness (QED) is 0.575. The van der Waals surface area contributed by atoms with Crippen molar-refractivity contribution >= 4 is 27.9 Å². The number of aromatic nitrogens is 2. The number of fused-ring (bicyclic) bond motifs is 3. The lowest BCUT2D eigenvalue weighted by Crippen LogP contribution is -2.27. The Balaban J connectivity index is 1.71. The Morgan fingerprint density at radius 3 is 2.88 bits per heavy atom. The van der Waals surface area contributed by atoms with Gasteiger partial charge in [0.2, 0.25) is 0 Å². The van der Waals surface area contributed by atoms with Gasteiger partial charge in [-0.15, -0.1) is 0 Å². The summed E-state index contributed by atoms with van der Waals surface area (Å²) >= 11 is 0. The third-order valence-corrected chi connectivity index (χ3v) is 5.32. The number of rotatable bonds is 7. The maximum atomic E-state index is 6.17. The summed E-state index contributed by atoms with van der Waals surface area (Å²) in [5, 5.41) is 1.08. The minimum atomic E-state index is 0.496. The molecule has 5 heteroatoms. The summed E-state index contributed by atoms with van der Waals surface area (Å²) in [7, 11) is 1.75. The zero-order chi connectivity index (χ0) is 17.9. The summed E-state index contributed by atoms with van der Waals surface area (Å²) in [5.41, 5.74) is 2.68. The number of anilines is 1. The molecule has 138 valence electrons. The van der Waals surface area contributed by atoms with Crippen LogP contribution in [0.25, 0.3) is 22.1 Å². The number of furan rings is 1. The van der Waals surface area contributed by atoms with Crippen LogP contribution < -0.4 is 4.90 Å². The molecule has 1 aliphatic heterocycles. The van der Waals surface area contributed by atoms with Gasteiger partial charge in [0.25, 0.3) is 0 Å². The molecule has 4 rings (SSSR count). The van der Waals surface area contributed by atoms with E-state index in [4.69, 9.17) is 19.1 Å². The average molecular weight is 353 g/mol. The molecule has 0 spiro atoms. The van der Waals surface area contributed by atoms with Crippen molar-refractivity contribution in [2.75, 3.05) is 25.2 Å². The highest BCUT2D eigenvalue weighted by atomic mass is 16.5. The van der Waals surface area contributed by atoms with E-state index < -0.39 is 0 Å². The third-order valence-electron chi connectivity index (χ3n) is 5.32. The lowest BCUT2D eigenvalue weighted by atomic mass is 10.2. The molecule has 0 amide bonds. The number of ether oxygens (including phenoxy) is 1. The number of hydrogen-bond acceptors (Lipinski definition) is 5. The van der Waals surface area contributed by atoms with Crippen molar-refractivity contribution in [2.24, 2.45) is 0 Å². The molecule has 1 fully saturated rings. The number of hydrogen-bond donors (Lipinski definition) is 0. The van der Waals surface area contributed by atoms with Crippen molar-refractivity contribution in [3.63, 3.8) is 0 Å². The molecule has 2 aromatic heterocycles. The topological polar surface area (TPSA) is 51.4 Å². The van der Waals surface area contributed by atoms with Gasteiger partial charge >= 0.3 is 0 Å². The Kier molecular flexibility index (Phi) is 5.07. The second kappa shape index (κ2) is 7.62. The minimum Gasteiger partial charge on any atom is -0.450 e. The highest BCUT2D eigenvalue weighted by molar-refractivity contribution is 6.05. The predicted molar refractivity (Wildman–Crippen MR) is 105 cm³/mol. The highest BCUT2D eigenvalue weighted by Gasteiger charge is 2.26. The molecular weight excluding hydrogens is 326 g/mol. The Bertz CT molecular complexity index is 889. The fraction of sp³-hybridized carbons (Fsp3) is 0.524. The number of unbranched alkanes of at least 4 members (excludes halogenated alkanes) is 2. The molecule has 0 bridgehead atoms. The monoisotopic (exact) mass is 353 g/mol. The van der Waals surface area contributed by atoms with Crippen molar-refractivity contribution in [1.82, 2.24) is 9.97 Å². The van der Waals surface area contributed by atoms with Gasteiger partial charge in [-0.05, 0) is 44.7 Å². The van der Waals surface area contributed by atoms with Gasteiger partial charge in [0.05, 0.1) is 0 Å². The first-order valence-electron chi connectivity index (χ1n) is 9.71. The van der Waals surface area contributed by atoms with E-state index in [0.29, 0.717) is 6.04 Å². The summed E-state index contributed by atoms with van der Waals surface area (Å²) in [5.74, 6) is 1.90. The lowest BCUT2D eigenvalue weighted by molar-refractivity contribution is 0.192. The van der Waals surface area contributed by atoms with E-state index in [2.05, 4.69) is 17.9 Å². The van der Waals surface area contributed by atoms with Crippen LogP contribution in [0.4, 0.5) is 5.82 Å². The smallest absolute Gasteiger partial charge is 0.196 e. The van der Waals surface area contributed by atoms with Crippen LogP contribution in [0.15, 0.2) is 28.7 Å². The van der Waals surface area contributed by atoms with Gasteiger partial charge in [-0.1, -0.05) is 18.6 Å². The van der Waals surface area contributed by atoms with Crippen LogP contribution in [0.1, 0.15) is 44.9 Å². The molecule has 3 aromatic rings. The van der Waals surface area contributed by atoms with E-state index >= 15 is 0 Å². The number of methoxy groups -OCH3 is 1. The standard InChI is InChI=1S/C21H27N3O2/c1-15-9-8-13-24(15)21-20-19(16-10-5-6-11-17(16)26-20)22-18(23-21)12-4-3-7-14-25-2/h5-6,10-11,15H,3-4,7-9,12-14H2,1-2H3/t15-/m1/s1. The van der Waals surface area contributed by atoms with Crippen molar-refractivity contribution in [1.29, 1.82) is 0 Å². The molecule has 1 saturated heterocycles. The lowest BCUT2D eigenvalue weighted by Gasteiger charge is -2.22. The summed E-state index contributed by atoms with van der Waals surface area (Å²) in [6.07, 6.45) is 6.62. The van der Waals surface area contributed by atoms with E-state index in [1.807, 2.05) is 18.2 Å².